The lowest BCUT2D eigenvalue weighted by Crippen LogP contribution is -2.31. The van der Waals surface area contributed by atoms with E-state index in [1.165, 1.54) is 0 Å². The van der Waals surface area contributed by atoms with Gasteiger partial charge < -0.3 is 10.1 Å². The van der Waals surface area contributed by atoms with E-state index in [-0.39, 0.29) is 12.5 Å². The molecule has 1 amide bonds. The maximum absolute atomic E-state index is 11.4. The van der Waals surface area contributed by atoms with Crippen LogP contribution in [0.5, 0.6) is 5.75 Å². The molecule has 0 fully saturated rings. The van der Waals surface area contributed by atoms with Crippen LogP contribution in [-0.2, 0) is 4.79 Å². The topological polar surface area (TPSA) is 38.3 Å². The van der Waals surface area contributed by atoms with E-state index in [0.717, 1.165) is 0 Å². The van der Waals surface area contributed by atoms with Gasteiger partial charge in [-0.1, -0.05) is 37.0 Å². The average molecular weight is 276 g/mol. The van der Waals surface area contributed by atoms with E-state index < -0.39 is 0 Å². The molecule has 0 atom stereocenters. The Balaban J connectivity index is 2.44. The van der Waals surface area contributed by atoms with Crippen molar-refractivity contribution in [3.05, 3.63) is 28.2 Å². The zero-order valence-corrected chi connectivity index (χ0v) is 11.3. The maximum Gasteiger partial charge on any atom is 0.257 e. The lowest BCUT2D eigenvalue weighted by Gasteiger charge is -2.10. The Morgan fingerprint density at radius 2 is 2.12 bits per heavy atom. The summed E-state index contributed by atoms with van der Waals surface area (Å²) in [5.74, 6) is 0.655. The Morgan fingerprint density at radius 1 is 1.41 bits per heavy atom. The minimum Gasteiger partial charge on any atom is -0.482 e. The number of hydrogen-bond acceptors (Lipinski definition) is 2. The normalized spacial score (nSPS) is 10.4. The van der Waals surface area contributed by atoms with Crippen LogP contribution < -0.4 is 10.1 Å². The number of nitrogens with one attached hydrogen (secondary N) is 1. The quantitative estimate of drug-likeness (QED) is 0.897. The second-order valence-electron chi connectivity index (χ2n) is 4.06. The number of hydrogen-bond donors (Lipinski definition) is 1. The fraction of sp³-hybridized carbons (Fsp3) is 0.417. The van der Waals surface area contributed by atoms with Gasteiger partial charge in [0, 0.05) is 17.6 Å². The van der Waals surface area contributed by atoms with Gasteiger partial charge in [0.15, 0.2) is 6.61 Å². The van der Waals surface area contributed by atoms with Crippen molar-refractivity contribution in [3.63, 3.8) is 0 Å². The van der Waals surface area contributed by atoms with Crippen LogP contribution in [-0.4, -0.2) is 19.1 Å². The first-order valence-electron chi connectivity index (χ1n) is 5.33. The van der Waals surface area contributed by atoms with Gasteiger partial charge in [0.1, 0.15) is 5.75 Å². The molecule has 17 heavy (non-hydrogen) atoms. The molecule has 0 unspecified atom stereocenters. The Labute approximate surface area is 111 Å². The first-order valence-corrected chi connectivity index (χ1v) is 6.09. The van der Waals surface area contributed by atoms with Gasteiger partial charge in [0.2, 0.25) is 0 Å². The SMILES string of the molecule is CC(C)CNC(=O)COc1cc(Cl)ccc1Cl. The van der Waals surface area contributed by atoms with Gasteiger partial charge in [-0.15, -0.1) is 0 Å². The number of benzene rings is 1. The fourth-order valence-corrected chi connectivity index (χ4v) is 1.43. The largest absolute Gasteiger partial charge is 0.482 e. The molecule has 0 bridgehead atoms. The summed E-state index contributed by atoms with van der Waals surface area (Å²) in [6, 6.07) is 4.88. The van der Waals surface area contributed by atoms with Crippen molar-refractivity contribution in [2.24, 2.45) is 5.92 Å². The van der Waals surface area contributed by atoms with Gasteiger partial charge in [-0.25, -0.2) is 0 Å². The van der Waals surface area contributed by atoms with E-state index >= 15 is 0 Å². The molecule has 1 aromatic rings. The van der Waals surface area contributed by atoms with Crippen molar-refractivity contribution >= 4 is 29.1 Å². The summed E-state index contributed by atoms with van der Waals surface area (Å²) in [7, 11) is 0. The summed E-state index contributed by atoms with van der Waals surface area (Å²) in [5.41, 5.74) is 0. The van der Waals surface area contributed by atoms with Gasteiger partial charge in [-0.3, -0.25) is 4.79 Å². The molecule has 0 saturated heterocycles. The summed E-state index contributed by atoms with van der Waals surface area (Å²) in [4.78, 5) is 11.4. The van der Waals surface area contributed by atoms with Crippen molar-refractivity contribution in [3.8, 4) is 5.75 Å². The molecule has 5 heteroatoms. The highest BCUT2D eigenvalue weighted by Gasteiger charge is 2.06. The summed E-state index contributed by atoms with van der Waals surface area (Å²) >= 11 is 11.7. The molecule has 1 rings (SSSR count). The average Bonchev–Trinajstić information content (AvgIpc) is 2.27. The minimum absolute atomic E-state index is 0.0627. The molecule has 94 valence electrons. The zero-order valence-electron chi connectivity index (χ0n) is 9.80. The van der Waals surface area contributed by atoms with Crippen molar-refractivity contribution in [1.29, 1.82) is 0 Å². The molecule has 0 aliphatic carbocycles. The Morgan fingerprint density at radius 3 is 2.76 bits per heavy atom. The predicted octanol–water partition coefficient (Wildman–Crippen LogP) is 3.14. The van der Waals surface area contributed by atoms with Crippen molar-refractivity contribution < 1.29 is 9.53 Å². The number of rotatable bonds is 5. The molecule has 0 saturated carbocycles. The fourth-order valence-electron chi connectivity index (χ4n) is 1.10. The van der Waals surface area contributed by atoms with Gasteiger partial charge in [-0.2, -0.15) is 0 Å². The Hall–Kier alpha value is -0.930. The third-order valence-corrected chi connectivity index (χ3v) is 2.51. The second kappa shape index (κ2) is 6.72. The number of carbonyl (C=O) groups is 1. The molecular formula is C12H15Cl2NO2. The van der Waals surface area contributed by atoms with Crippen LogP contribution in [0.15, 0.2) is 18.2 Å². The lowest BCUT2D eigenvalue weighted by atomic mass is 10.2. The zero-order chi connectivity index (χ0) is 12.8. The van der Waals surface area contributed by atoms with E-state index in [1.54, 1.807) is 18.2 Å². The van der Waals surface area contributed by atoms with Crippen LogP contribution in [0.25, 0.3) is 0 Å². The molecule has 1 N–H and O–H groups in total. The molecule has 0 aliphatic rings. The van der Waals surface area contributed by atoms with Crippen LogP contribution >= 0.6 is 23.2 Å². The maximum atomic E-state index is 11.4. The first-order chi connectivity index (χ1) is 7.99. The Bertz CT molecular complexity index is 394. The summed E-state index contributed by atoms with van der Waals surface area (Å²) in [6.07, 6.45) is 0. The third kappa shape index (κ3) is 5.29. The van der Waals surface area contributed by atoms with Crippen LogP contribution in [0.2, 0.25) is 10.0 Å². The molecule has 0 aliphatic heterocycles. The van der Waals surface area contributed by atoms with Crippen LogP contribution in [0.4, 0.5) is 0 Å². The van der Waals surface area contributed by atoms with Crippen molar-refractivity contribution in [1.82, 2.24) is 5.32 Å². The van der Waals surface area contributed by atoms with Crippen molar-refractivity contribution in [2.45, 2.75) is 13.8 Å². The van der Waals surface area contributed by atoms with E-state index in [4.69, 9.17) is 27.9 Å². The Kier molecular flexibility index (Phi) is 5.59. The minimum atomic E-state index is -0.172. The highest BCUT2D eigenvalue weighted by molar-refractivity contribution is 6.34. The summed E-state index contributed by atoms with van der Waals surface area (Å²) in [5, 5.41) is 3.70. The van der Waals surface area contributed by atoms with Gasteiger partial charge in [0.25, 0.3) is 5.91 Å². The van der Waals surface area contributed by atoms with E-state index in [9.17, 15) is 4.79 Å². The van der Waals surface area contributed by atoms with Gasteiger partial charge >= 0.3 is 0 Å². The second-order valence-corrected chi connectivity index (χ2v) is 4.90. The summed E-state index contributed by atoms with van der Waals surface area (Å²) in [6.45, 7) is 4.61. The molecule has 3 nitrogen and oxygen atoms in total. The molecule has 0 radical (unpaired) electrons. The van der Waals surface area contributed by atoms with Gasteiger partial charge in [-0.05, 0) is 18.1 Å². The predicted molar refractivity (Wildman–Crippen MR) is 69.8 cm³/mol. The third-order valence-electron chi connectivity index (χ3n) is 1.96. The number of amides is 1. The standard InChI is InChI=1S/C12H15Cl2NO2/c1-8(2)6-15-12(16)7-17-11-5-9(13)3-4-10(11)14/h3-5,8H,6-7H2,1-2H3,(H,15,16). The highest BCUT2D eigenvalue weighted by Crippen LogP contribution is 2.27. The molecule has 0 heterocycles. The van der Waals surface area contributed by atoms with E-state index in [1.807, 2.05) is 13.8 Å². The molecule has 0 aromatic heterocycles. The molecule has 1 aromatic carbocycles. The van der Waals surface area contributed by atoms with Crippen LogP contribution in [0.1, 0.15) is 13.8 Å². The molecular weight excluding hydrogens is 261 g/mol. The lowest BCUT2D eigenvalue weighted by molar-refractivity contribution is -0.123. The van der Waals surface area contributed by atoms with Crippen molar-refractivity contribution in [2.75, 3.05) is 13.2 Å². The summed E-state index contributed by atoms with van der Waals surface area (Å²) < 4.78 is 5.28. The number of ether oxygens (including phenoxy) is 1. The van der Waals surface area contributed by atoms with Crippen LogP contribution in [0.3, 0.4) is 0 Å². The van der Waals surface area contributed by atoms with E-state index in [0.29, 0.717) is 28.3 Å². The number of carbonyl (C=O) groups excluding carboxylic acids is 1. The van der Waals surface area contributed by atoms with Gasteiger partial charge in [0.05, 0.1) is 5.02 Å². The molecule has 0 spiro atoms. The first kappa shape index (κ1) is 14.1. The number of halogens is 2. The van der Waals surface area contributed by atoms with Crippen LogP contribution in [0, 0.1) is 5.92 Å². The monoisotopic (exact) mass is 275 g/mol. The highest BCUT2D eigenvalue weighted by atomic mass is 35.5. The van der Waals surface area contributed by atoms with E-state index in [2.05, 4.69) is 5.32 Å². The smallest absolute Gasteiger partial charge is 0.257 e.